The molecular weight excluding hydrogens is 284 g/mol. The molecular formula is C16H18N2O4. The summed E-state index contributed by atoms with van der Waals surface area (Å²) in [4.78, 5) is 27.6. The zero-order valence-electron chi connectivity index (χ0n) is 12.4. The second kappa shape index (κ2) is 6.19. The van der Waals surface area contributed by atoms with Crippen molar-refractivity contribution < 1.29 is 18.7 Å². The fourth-order valence-electron chi connectivity index (χ4n) is 2.62. The number of fused-ring (bicyclic) bond motifs is 1. The van der Waals surface area contributed by atoms with Crippen LogP contribution >= 0.6 is 0 Å². The number of hydrogen-bond donors (Lipinski definition) is 0. The molecule has 0 bridgehead atoms. The van der Waals surface area contributed by atoms with Gasteiger partial charge in [0, 0.05) is 38.7 Å². The van der Waals surface area contributed by atoms with Gasteiger partial charge in [0.05, 0.1) is 0 Å². The Labute approximate surface area is 128 Å². The maximum absolute atomic E-state index is 12.5. The number of rotatable bonds is 3. The second-order valence-corrected chi connectivity index (χ2v) is 5.25. The van der Waals surface area contributed by atoms with Crippen LogP contribution < -0.4 is 0 Å². The maximum atomic E-state index is 12.5. The van der Waals surface area contributed by atoms with Crippen molar-refractivity contribution in [1.29, 1.82) is 0 Å². The summed E-state index contributed by atoms with van der Waals surface area (Å²) >= 11 is 0. The van der Waals surface area contributed by atoms with Crippen molar-refractivity contribution in [1.82, 2.24) is 9.80 Å². The molecule has 1 aliphatic heterocycles. The number of ether oxygens (including phenoxy) is 1. The number of hydrogen-bond acceptors (Lipinski definition) is 4. The maximum Gasteiger partial charge on any atom is 0.289 e. The highest BCUT2D eigenvalue weighted by atomic mass is 16.5. The lowest BCUT2D eigenvalue weighted by atomic mass is 10.2. The van der Waals surface area contributed by atoms with Gasteiger partial charge in [0.15, 0.2) is 5.76 Å². The molecule has 2 aromatic rings. The summed E-state index contributed by atoms with van der Waals surface area (Å²) in [5.41, 5.74) is 0.708. The van der Waals surface area contributed by atoms with Gasteiger partial charge in [-0.15, -0.1) is 0 Å². The molecule has 6 heteroatoms. The van der Waals surface area contributed by atoms with Gasteiger partial charge in [-0.05, 0) is 12.1 Å². The lowest BCUT2D eigenvalue weighted by molar-refractivity contribution is -0.136. The fourth-order valence-corrected chi connectivity index (χ4v) is 2.62. The minimum atomic E-state index is -0.130. The van der Waals surface area contributed by atoms with E-state index >= 15 is 0 Å². The first-order chi connectivity index (χ1) is 10.7. The highest BCUT2D eigenvalue weighted by Gasteiger charge is 2.26. The number of nitrogens with zero attached hydrogens (tertiary/aromatic N) is 2. The van der Waals surface area contributed by atoms with Crippen molar-refractivity contribution in [3.63, 3.8) is 0 Å². The van der Waals surface area contributed by atoms with Crippen LogP contribution in [0.15, 0.2) is 34.7 Å². The zero-order valence-corrected chi connectivity index (χ0v) is 12.4. The van der Waals surface area contributed by atoms with Gasteiger partial charge < -0.3 is 19.0 Å². The summed E-state index contributed by atoms with van der Waals surface area (Å²) in [7, 11) is 1.50. The molecule has 1 aromatic carbocycles. The van der Waals surface area contributed by atoms with E-state index < -0.39 is 0 Å². The molecule has 3 rings (SSSR count). The van der Waals surface area contributed by atoms with Gasteiger partial charge in [0.2, 0.25) is 5.91 Å². The minimum Gasteiger partial charge on any atom is -0.451 e. The van der Waals surface area contributed by atoms with E-state index in [4.69, 9.17) is 9.15 Å². The Hall–Kier alpha value is -2.34. The Kier molecular flexibility index (Phi) is 4.11. The van der Waals surface area contributed by atoms with E-state index in [0.29, 0.717) is 37.5 Å². The van der Waals surface area contributed by atoms with Crippen molar-refractivity contribution in [2.75, 3.05) is 39.9 Å². The van der Waals surface area contributed by atoms with Crippen LogP contribution in [0.1, 0.15) is 10.6 Å². The van der Waals surface area contributed by atoms with E-state index in [0.717, 1.165) is 5.39 Å². The van der Waals surface area contributed by atoms with Crippen molar-refractivity contribution in [2.24, 2.45) is 0 Å². The van der Waals surface area contributed by atoms with E-state index in [1.807, 2.05) is 24.3 Å². The summed E-state index contributed by atoms with van der Waals surface area (Å²) in [6.07, 6.45) is 0. The fraction of sp³-hybridized carbons (Fsp3) is 0.375. The molecule has 1 saturated heterocycles. The third-order valence-electron chi connectivity index (χ3n) is 3.82. The largest absolute Gasteiger partial charge is 0.451 e. The van der Waals surface area contributed by atoms with Gasteiger partial charge in [-0.1, -0.05) is 18.2 Å². The molecule has 0 radical (unpaired) electrons. The molecule has 1 aromatic heterocycles. The summed E-state index contributed by atoms with van der Waals surface area (Å²) in [5.74, 6) is 0.172. The Morgan fingerprint density at radius 1 is 1.14 bits per heavy atom. The molecule has 6 nitrogen and oxygen atoms in total. The van der Waals surface area contributed by atoms with Gasteiger partial charge in [0.25, 0.3) is 5.91 Å². The molecule has 2 heterocycles. The summed E-state index contributed by atoms with van der Waals surface area (Å²) < 4.78 is 10.5. The van der Waals surface area contributed by atoms with Crippen LogP contribution in [0.25, 0.3) is 11.0 Å². The Morgan fingerprint density at radius 2 is 1.82 bits per heavy atom. The minimum absolute atomic E-state index is 0.0432. The van der Waals surface area contributed by atoms with Crippen molar-refractivity contribution >= 4 is 22.8 Å². The average molecular weight is 302 g/mol. The first kappa shape index (κ1) is 14.6. The molecule has 0 saturated carbocycles. The molecule has 0 unspecified atom stereocenters. The third kappa shape index (κ3) is 2.82. The van der Waals surface area contributed by atoms with Crippen molar-refractivity contribution in [3.8, 4) is 0 Å². The summed E-state index contributed by atoms with van der Waals surface area (Å²) in [5, 5.41) is 0.916. The smallest absolute Gasteiger partial charge is 0.289 e. The summed E-state index contributed by atoms with van der Waals surface area (Å²) in [6, 6.07) is 9.30. The molecule has 1 fully saturated rings. The molecule has 22 heavy (non-hydrogen) atoms. The van der Waals surface area contributed by atoms with Crippen LogP contribution in [0.2, 0.25) is 0 Å². The number of amides is 2. The number of carbonyl (C=O) groups is 2. The highest BCUT2D eigenvalue weighted by Crippen LogP contribution is 2.20. The van der Waals surface area contributed by atoms with E-state index in [-0.39, 0.29) is 18.4 Å². The number of methoxy groups -OCH3 is 1. The van der Waals surface area contributed by atoms with Gasteiger partial charge in [-0.2, -0.15) is 0 Å². The highest BCUT2D eigenvalue weighted by molar-refractivity contribution is 5.96. The SMILES string of the molecule is COCC(=O)N1CCN(C(=O)c2cc3ccccc3o2)CC1. The number of furan rings is 1. The summed E-state index contributed by atoms with van der Waals surface area (Å²) in [6.45, 7) is 2.14. The molecule has 1 aliphatic rings. The molecule has 0 aliphatic carbocycles. The van der Waals surface area contributed by atoms with Gasteiger partial charge >= 0.3 is 0 Å². The first-order valence-electron chi connectivity index (χ1n) is 7.23. The lowest BCUT2D eigenvalue weighted by Gasteiger charge is -2.34. The average Bonchev–Trinajstić information content (AvgIpc) is 2.98. The van der Waals surface area contributed by atoms with Gasteiger partial charge in [0.1, 0.15) is 12.2 Å². The zero-order chi connectivity index (χ0) is 15.5. The third-order valence-corrected chi connectivity index (χ3v) is 3.82. The second-order valence-electron chi connectivity index (χ2n) is 5.25. The first-order valence-corrected chi connectivity index (χ1v) is 7.23. The molecule has 0 spiro atoms. The van der Waals surface area contributed by atoms with Crippen molar-refractivity contribution in [3.05, 3.63) is 36.1 Å². The van der Waals surface area contributed by atoms with E-state index in [1.54, 1.807) is 15.9 Å². The predicted octanol–water partition coefficient (Wildman–Crippen LogP) is 1.36. The van der Waals surface area contributed by atoms with Crippen LogP contribution in [0.5, 0.6) is 0 Å². The van der Waals surface area contributed by atoms with Crippen LogP contribution in [-0.2, 0) is 9.53 Å². The number of carbonyl (C=O) groups excluding carboxylic acids is 2. The lowest BCUT2D eigenvalue weighted by Crippen LogP contribution is -2.51. The molecule has 116 valence electrons. The molecule has 0 N–H and O–H groups in total. The molecule has 0 atom stereocenters. The van der Waals surface area contributed by atoms with Gasteiger partial charge in [-0.25, -0.2) is 0 Å². The number of benzene rings is 1. The number of piperazine rings is 1. The van der Waals surface area contributed by atoms with E-state index in [9.17, 15) is 9.59 Å². The monoisotopic (exact) mass is 302 g/mol. The number of para-hydroxylation sites is 1. The van der Waals surface area contributed by atoms with Crippen LogP contribution in [0, 0.1) is 0 Å². The van der Waals surface area contributed by atoms with E-state index in [1.165, 1.54) is 7.11 Å². The van der Waals surface area contributed by atoms with Crippen molar-refractivity contribution in [2.45, 2.75) is 0 Å². The van der Waals surface area contributed by atoms with Crippen LogP contribution in [0.4, 0.5) is 0 Å². The normalized spacial score (nSPS) is 15.3. The standard InChI is InChI=1S/C16H18N2O4/c1-21-11-15(19)17-6-8-18(9-7-17)16(20)14-10-12-4-2-3-5-13(12)22-14/h2-5,10H,6-9,11H2,1H3. The van der Waals surface area contributed by atoms with Gasteiger partial charge in [-0.3, -0.25) is 9.59 Å². The topological polar surface area (TPSA) is 63.0 Å². The quantitative estimate of drug-likeness (QED) is 0.859. The Bertz CT molecular complexity index is 653. The predicted molar refractivity (Wildman–Crippen MR) is 80.6 cm³/mol. The Balaban J connectivity index is 1.65. The van der Waals surface area contributed by atoms with Crippen LogP contribution in [0.3, 0.4) is 0 Å². The van der Waals surface area contributed by atoms with E-state index in [2.05, 4.69) is 0 Å². The molecule has 2 amide bonds. The Morgan fingerprint density at radius 3 is 2.50 bits per heavy atom. The van der Waals surface area contributed by atoms with Crippen LogP contribution in [-0.4, -0.2) is 61.5 Å².